The molecule has 1 aromatic carbocycles. The molecule has 1 N–H and O–H groups in total. The van der Waals surface area contributed by atoms with E-state index in [-0.39, 0.29) is 5.75 Å². The average molecular weight is 314 g/mol. The minimum absolute atomic E-state index is 0.128. The molecule has 0 amide bonds. The highest BCUT2D eigenvalue weighted by Crippen LogP contribution is 2.26. The number of aryl methyl sites for hydroxylation is 1. The Morgan fingerprint density at radius 1 is 1.13 bits per heavy atom. The first-order chi connectivity index (χ1) is 7.16. The van der Waals surface area contributed by atoms with Crippen molar-refractivity contribution >= 4 is 22.6 Å². The van der Waals surface area contributed by atoms with Crippen molar-refractivity contribution in [3.05, 3.63) is 27.6 Å². The van der Waals surface area contributed by atoms with Crippen LogP contribution in [0.25, 0.3) is 11.4 Å². The van der Waals surface area contributed by atoms with Crippen LogP contribution in [0.4, 0.5) is 0 Å². The van der Waals surface area contributed by atoms with Crippen molar-refractivity contribution in [3.63, 3.8) is 0 Å². The van der Waals surface area contributed by atoms with Gasteiger partial charge in [0, 0.05) is 3.57 Å². The molecule has 0 unspecified atom stereocenters. The fourth-order valence-corrected chi connectivity index (χ4v) is 1.57. The number of nitrogens with zero attached hydrogens (tertiary/aromatic N) is 4. The summed E-state index contributed by atoms with van der Waals surface area (Å²) in [5.41, 5.74) is 0.543. The zero-order valence-corrected chi connectivity index (χ0v) is 10.0. The van der Waals surface area contributed by atoms with Crippen molar-refractivity contribution in [2.45, 2.75) is 6.92 Å². The van der Waals surface area contributed by atoms with Crippen LogP contribution in [0.1, 0.15) is 5.82 Å². The smallest absolute Gasteiger partial charge is 0.207 e. The minimum atomic E-state index is 0.128. The Morgan fingerprint density at radius 3 is 2.47 bits per heavy atom. The van der Waals surface area contributed by atoms with E-state index in [4.69, 9.17) is 0 Å². The van der Waals surface area contributed by atoms with Crippen LogP contribution >= 0.6 is 22.6 Å². The molecule has 0 bridgehead atoms. The molecule has 2 aromatic rings. The average Bonchev–Trinajstić information content (AvgIpc) is 2.23. The quantitative estimate of drug-likeness (QED) is 0.809. The van der Waals surface area contributed by atoms with Gasteiger partial charge in [-0.15, -0.1) is 20.4 Å². The molecular weight excluding hydrogens is 307 g/mol. The monoisotopic (exact) mass is 314 g/mol. The highest BCUT2D eigenvalue weighted by molar-refractivity contribution is 14.1. The maximum Gasteiger partial charge on any atom is 0.207 e. The topological polar surface area (TPSA) is 71.8 Å². The molecule has 2 rings (SSSR count). The normalized spacial score (nSPS) is 10.3. The summed E-state index contributed by atoms with van der Waals surface area (Å²) in [4.78, 5) is 0. The van der Waals surface area contributed by atoms with Gasteiger partial charge in [-0.05, 0) is 47.7 Å². The van der Waals surface area contributed by atoms with Gasteiger partial charge >= 0.3 is 0 Å². The molecule has 15 heavy (non-hydrogen) atoms. The van der Waals surface area contributed by atoms with Crippen LogP contribution in [0.2, 0.25) is 0 Å². The van der Waals surface area contributed by atoms with E-state index < -0.39 is 0 Å². The Morgan fingerprint density at radius 2 is 1.80 bits per heavy atom. The lowest BCUT2D eigenvalue weighted by molar-refractivity contribution is 0.476. The molecule has 5 nitrogen and oxygen atoms in total. The van der Waals surface area contributed by atoms with Crippen LogP contribution in [0.3, 0.4) is 0 Å². The van der Waals surface area contributed by atoms with Crippen molar-refractivity contribution in [3.8, 4) is 17.1 Å². The molecule has 1 aromatic heterocycles. The number of aromatic nitrogens is 4. The Balaban J connectivity index is 2.53. The molecule has 0 aliphatic rings. The van der Waals surface area contributed by atoms with Gasteiger partial charge in [-0.1, -0.05) is 0 Å². The van der Waals surface area contributed by atoms with E-state index in [1.807, 2.05) is 0 Å². The number of rotatable bonds is 1. The van der Waals surface area contributed by atoms with Crippen LogP contribution in [0, 0.1) is 10.5 Å². The highest BCUT2D eigenvalue weighted by Gasteiger charge is 2.08. The summed E-state index contributed by atoms with van der Waals surface area (Å²) in [6.07, 6.45) is 0. The fourth-order valence-electron chi connectivity index (χ4n) is 1.07. The number of hydrogen-bond donors (Lipinski definition) is 1. The summed E-state index contributed by atoms with van der Waals surface area (Å²) >= 11 is 2.15. The summed E-state index contributed by atoms with van der Waals surface area (Å²) in [5.74, 6) is 0.961. The van der Waals surface area contributed by atoms with Gasteiger partial charge in [-0.3, -0.25) is 0 Å². The second-order valence-corrected chi connectivity index (χ2v) is 4.18. The predicted octanol–water partition coefficient (Wildman–Crippen LogP) is 1.55. The first-order valence-electron chi connectivity index (χ1n) is 4.20. The summed E-state index contributed by atoms with van der Waals surface area (Å²) < 4.78 is 0.990. The SMILES string of the molecule is Cc1nnc(-c2cc(I)ccc2O)nn1. The summed E-state index contributed by atoms with van der Waals surface area (Å²) in [6, 6.07) is 5.18. The summed E-state index contributed by atoms with van der Waals surface area (Å²) in [6.45, 7) is 1.71. The van der Waals surface area contributed by atoms with Crippen molar-refractivity contribution < 1.29 is 5.11 Å². The second-order valence-electron chi connectivity index (χ2n) is 2.93. The van der Waals surface area contributed by atoms with E-state index >= 15 is 0 Å². The molecule has 0 radical (unpaired) electrons. The molecule has 0 aliphatic carbocycles. The number of hydrogen-bond acceptors (Lipinski definition) is 5. The molecule has 0 fully saturated rings. The third-order valence-corrected chi connectivity index (χ3v) is 2.45. The number of aromatic hydroxyl groups is 1. The van der Waals surface area contributed by atoms with Gasteiger partial charge in [0.05, 0.1) is 5.56 Å². The van der Waals surface area contributed by atoms with Gasteiger partial charge < -0.3 is 5.11 Å². The Labute approximate surface area is 99.7 Å². The molecule has 76 valence electrons. The van der Waals surface area contributed by atoms with E-state index in [2.05, 4.69) is 43.0 Å². The van der Waals surface area contributed by atoms with Crippen molar-refractivity contribution in [1.82, 2.24) is 20.4 Å². The molecular formula is C9H7IN4O. The maximum absolute atomic E-state index is 9.62. The Kier molecular flexibility index (Phi) is 2.76. The first kappa shape index (κ1) is 10.2. The van der Waals surface area contributed by atoms with Gasteiger partial charge in [0.1, 0.15) is 5.75 Å². The third-order valence-electron chi connectivity index (χ3n) is 1.78. The van der Waals surface area contributed by atoms with Crippen LogP contribution in [-0.4, -0.2) is 25.5 Å². The third kappa shape index (κ3) is 2.20. The number of phenols is 1. The Hall–Kier alpha value is -1.31. The van der Waals surface area contributed by atoms with Gasteiger partial charge in [0.25, 0.3) is 0 Å². The van der Waals surface area contributed by atoms with Gasteiger partial charge in [0.15, 0.2) is 5.82 Å². The standard InChI is InChI=1S/C9H7IN4O/c1-5-11-13-9(14-12-5)7-4-6(10)2-3-8(7)15/h2-4,15H,1H3. The second kappa shape index (κ2) is 4.05. The number of benzene rings is 1. The van der Waals surface area contributed by atoms with Crippen molar-refractivity contribution in [2.24, 2.45) is 0 Å². The molecule has 1 heterocycles. The van der Waals surface area contributed by atoms with E-state index in [9.17, 15) is 5.11 Å². The fraction of sp³-hybridized carbons (Fsp3) is 0.111. The van der Waals surface area contributed by atoms with Crippen LogP contribution in [0.15, 0.2) is 18.2 Å². The molecule has 0 atom stereocenters. The molecule has 0 saturated carbocycles. The predicted molar refractivity (Wildman–Crippen MR) is 62.2 cm³/mol. The van der Waals surface area contributed by atoms with E-state index in [0.717, 1.165) is 3.57 Å². The number of phenolic OH excluding ortho intramolecular Hbond substituents is 1. The van der Waals surface area contributed by atoms with Crippen molar-refractivity contribution in [1.29, 1.82) is 0 Å². The van der Waals surface area contributed by atoms with Crippen LogP contribution in [-0.2, 0) is 0 Å². The lowest BCUT2D eigenvalue weighted by atomic mass is 10.2. The van der Waals surface area contributed by atoms with Crippen LogP contribution in [0.5, 0.6) is 5.75 Å². The van der Waals surface area contributed by atoms with E-state index in [1.54, 1.807) is 25.1 Å². The summed E-state index contributed by atoms with van der Waals surface area (Å²) in [7, 11) is 0. The van der Waals surface area contributed by atoms with Gasteiger partial charge in [0.2, 0.25) is 5.82 Å². The summed E-state index contributed by atoms with van der Waals surface area (Å²) in [5, 5.41) is 24.9. The van der Waals surface area contributed by atoms with Crippen molar-refractivity contribution in [2.75, 3.05) is 0 Å². The first-order valence-corrected chi connectivity index (χ1v) is 5.27. The van der Waals surface area contributed by atoms with E-state index in [0.29, 0.717) is 17.2 Å². The largest absolute Gasteiger partial charge is 0.507 e. The lowest BCUT2D eigenvalue weighted by Crippen LogP contribution is -1.98. The molecule has 0 aliphatic heterocycles. The maximum atomic E-state index is 9.62. The van der Waals surface area contributed by atoms with Gasteiger partial charge in [-0.2, -0.15) is 0 Å². The minimum Gasteiger partial charge on any atom is -0.507 e. The van der Waals surface area contributed by atoms with E-state index in [1.165, 1.54) is 0 Å². The zero-order valence-electron chi connectivity index (χ0n) is 7.85. The van der Waals surface area contributed by atoms with Crippen LogP contribution < -0.4 is 0 Å². The highest BCUT2D eigenvalue weighted by atomic mass is 127. The molecule has 6 heteroatoms. The van der Waals surface area contributed by atoms with Gasteiger partial charge in [-0.25, -0.2) is 0 Å². The molecule has 0 spiro atoms. The number of halogens is 1. The lowest BCUT2D eigenvalue weighted by Gasteiger charge is -2.02. The Bertz CT molecular complexity index is 486. The molecule has 0 saturated heterocycles. The zero-order chi connectivity index (χ0) is 10.8.